The van der Waals surface area contributed by atoms with Crippen LogP contribution < -0.4 is 10.1 Å². The number of aliphatic hydroxyl groups excluding tert-OH is 1. The lowest BCUT2D eigenvalue weighted by atomic mass is 10.00. The van der Waals surface area contributed by atoms with Gasteiger partial charge in [-0.25, -0.2) is 0 Å². The maximum atomic E-state index is 12.6. The largest absolute Gasteiger partial charge is 0.478 e. The minimum atomic E-state index is -1.09. The van der Waals surface area contributed by atoms with Crippen molar-refractivity contribution < 1.29 is 14.6 Å². The number of amides is 1. The normalized spacial score (nSPS) is 12.6. The molecule has 0 fully saturated rings. The predicted molar refractivity (Wildman–Crippen MR) is 108 cm³/mol. The Morgan fingerprint density at radius 2 is 1.74 bits per heavy atom. The van der Waals surface area contributed by atoms with E-state index in [-0.39, 0.29) is 12.5 Å². The second-order valence-electron chi connectivity index (χ2n) is 6.86. The number of ether oxygens (including phenoxy) is 1. The topological polar surface area (TPSA) is 58.6 Å². The van der Waals surface area contributed by atoms with Crippen LogP contribution in [0.5, 0.6) is 5.75 Å². The monoisotopic (exact) mass is 383 g/mol. The summed E-state index contributed by atoms with van der Waals surface area (Å²) in [6.07, 6.45) is -0.814. The summed E-state index contributed by atoms with van der Waals surface area (Å²) in [5.41, 5.74) is -0.309. The Kier molecular flexibility index (Phi) is 5.68. The van der Waals surface area contributed by atoms with E-state index < -0.39 is 11.7 Å². The Bertz CT molecular complexity index is 932. The Labute approximate surface area is 163 Å². The molecule has 0 aliphatic heterocycles. The number of carbonyl (C=O) groups is 1. The van der Waals surface area contributed by atoms with Crippen LogP contribution in [-0.2, 0) is 4.79 Å². The van der Waals surface area contributed by atoms with Crippen molar-refractivity contribution in [2.45, 2.75) is 25.6 Å². The maximum Gasteiger partial charge on any atom is 0.263 e. The molecule has 1 amide bonds. The molecule has 0 aliphatic carbocycles. The highest BCUT2D eigenvalue weighted by atomic mass is 35.5. The van der Waals surface area contributed by atoms with Crippen molar-refractivity contribution in [3.63, 3.8) is 0 Å². The van der Waals surface area contributed by atoms with Gasteiger partial charge in [-0.15, -0.1) is 0 Å². The van der Waals surface area contributed by atoms with E-state index in [0.29, 0.717) is 10.8 Å². The first-order chi connectivity index (χ1) is 12.9. The predicted octanol–water partition coefficient (Wildman–Crippen LogP) is 4.50. The van der Waals surface area contributed by atoms with E-state index in [2.05, 4.69) is 5.32 Å². The Hall–Kier alpha value is -2.56. The molecule has 0 heterocycles. The number of aliphatic hydroxyl groups is 1. The van der Waals surface area contributed by atoms with Crippen LogP contribution in [-0.4, -0.2) is 23.2 Å². The smallest absolute Gasteiger partial charge is 0.263 e. The van der Waals surface area contributed by atoms with Gasteiger partial charge in [-0.3, -0.25) is 4.79 Å². The fraction of sp³-hybridized carbons (Fsp3) is 0.227. The van der Waals surface area contributed by atoms with E-state index >= 15 is 0 Å². The lowest BCUT2D eigenvalue weighted by Gasteiger charge is -2.26. The highest BCUT2D eigenvalue weighted by molar-refractivity contribution is 6.30. The van der Waals surface area contributed by atoms with Gasteiger partial charge in [-0.1, -0.05) is 54.1 Å². The van der Waals surface area contributed by atoms with Crippen LogP contribution in [0.25, 0.3) is 10.8 Å². The van der Waals surface area contributed by atoms with E-state index in [1.165, 1.54) is 0 Å². The number of halogens is 1. The molecule has 3 aromatic rings. The van der Waals surface area contributed by atoms with Crippen LogP contribution in [0.4, 0.5) is 0 Å². The van der Waals surface area contributed by atoms with E-state index in [1.807, 2.05) is 42.5 Å². The highest BCUT2D eigenvalue weighted by Crippen LogP contribution is 2.24. The van der Waals surface area contributed by atoms with Gasteiger partial charge in [0.05, 0.1) is 6.10 Å². The molecule has 0 radical (unpaired) electrons. The summed E-state index contributed by atoms with van der Waals surface area (Å²) in [5.74, 6) is 0.242. The van der Waals surface area contributed by atoms with E-state index in [0.717, 1.165) is 16.3 Å². The van der Waals surface area contributed by atoms with Crippen molar-refractivity contribution in [2.75, 3.05) is 6.54 Å². The lowest BCUT2D eigenvalue weighted by Crippen LogP contribution is -2.47. The lowest BCUT2D eigenvalue weighted by molar-refractivity contribution is -0.134. The highest BCUT2D eigenvalue weighted by Gasteiger charge is 2.30. The van der Waals surface area contributed by atoms with Gasteiger partial charge in [-0.05, 0) is 54.4 Å². The fourth-order valence-corrected chi connectivity index (χ4v) is 3.02. The number of hydrogen-bond acceptors (Lipinski definition) is 3. The molecule has 27 heavy (non-hydrogen) atoms. The van der Waals surface area contributed by atoms with Crippen molar-refractivity contribution >= 4 is 28.3 Å². The van der Waals surface area contributed by atoms with Gasteiger partial charge in [0.25, 0.3) is 5.91 Å². The minimum absolute atomic E-state index is 0.0975. The third-order valence-electron chi connectivity index (χ3n) is 4.37. The van der Waals surface area contributed by atoms with Crippen molar-refractivity contribution in [2.24, 2.45) is 0 Å². The zero-order valence-electron chi connectivity index (χ0n) is 15.3. The van der Waals surface area contributed by atoms with Gasteiger partial charge >= 0.3 is 0 Å². The van der Waals surface area contributed by atoms with Gasteiger partial charge in [0.15, 0.2) is 5.60 Å². The average Bonchev–Trinajstić information content (AvgIpc) is 2.67. The second kappa shape index (κ2) is 7.99. The number of hydrogen-bond donors (Lipinski definition) is 2. The molecule has 0 aromatic heterocycles. The Morgan fingerprint density at radius 3 is 2.48 bits per heavy atom. The molecule has 1 unspecified atom stereocenters. The second-order valence-corrected chi connectivity index (χ2v) is 7.30. The van der Waals surface area contributed by atoms with Crippen molar-refractivity contribution in [1.29, 1.82) is 0 Å². The molecule has 0 bridgehead atoms. The van der Waals surface area contributed by atoms with Gasteiger partial charge in [-0.2, -0.15) is 0 Å². The molecule has 1 atom stereocenters. The molecular weight excluding hydrogens is 362 g/mol. The first kappa shape index (κ1) is 19.2. The van der Waals surface area contributed by atoms with Crippen molar-refractivity contribution in [3.8, 4) is 5.75 Å². The molecule has 0 aliphatic rings. The zero-order chi connectivity index (χ0) is 19.4. The molecule has 3 aromatic carbocycles. The average molecular weight is 384 g/mol. The SMILES string of the molecule is CC(C)(Oc1ccc(Cl)cc1)C(=O)NCC(O)c1cccc2ccccc12. The van der Waals surface area contributed by atoms with E-state index in [4.69, 9.17) is 16.3 Å². The summed E-state index contributed by atoms with van der Waals surface area (Å²) in [5, 5.41) is 16.0. The van der Waals surface area contributed by atoms with Gasteiger partial charge in [0.1, 0.15) is 5.75 Å². The molecule has 0 saturated heterocycles. The Morgan fingerprint density at radius 1 is 1.07 bits per heavy atom. The van der Waals surface area contributed by atoms with Crippen molar-refractivity contribution in [1.82, 2.24) is 5.32 Å². The maximum absolute atomic E-state index is 12.6. The molecule has 4 nitrogen and oxygen atoms in total. The fourth-order valence-electron chi connectivity index (χ4n) is 2.90. The number of rotatable bonds is 6. The summed E-state index contributed by atoms with van der Waals surface area (Å²) >= 11 is 5.87. The van der Waals surface area contributed by atoms with Crippen LogP contribution in [0.15, 0.2) is 66.7 Å². The van der Waals surface area contributed by atoms with Gasteiger partial charge in [0.2, 0.25) is 0 Å². The first-order valence-corrected chi connectivity index (χ1v) is 9.13. The number of carbonyl (C=O) groups excluding carboxylic acids is 1. The zero-order valence-corrected chi connectivity index (χ0v) is 16.0. The standard InChI is InChI=1S/C22H22ClNO3/c1-22(2,27-17-12-10-16(23)11-13-17)21(26)24-14-20(25)19-9-5-7-15-6-3-4-8-18(15)19/h3-13,20,25H,14H2,1-2H3,(H,24,26). The number of fused-ring (bicyclic) bond motifs is 1. The summed E-state index contributed by atoms with van der Waals surface area (Å²) in [4.78, 5) is 12.6. The summed E-state index contributed by atoms with van der Waals surface area (Å²) in [6.45, 7) is 3.46. The third kappa shape index (κ3) is 4.59. The van der Waals surface area contributed by atoms with Gasteiger partial charge in [0, 0.05) is 11.6 Å². The van der Waals surface area contributed by atoms with E-state index in [1.54, 1.807) is 38.1 Å². The minimum Gasteiger partial charge on any atom is -0.478 e. The molecule has 140 valence electrons. The Balaban J connectivity index is 1.66. The van der Waals surface area contributed by atoms with Crippen LogP contribution in [0.3, 0.4) is 0 Å². The quantitative estimate of drug-likeness (QED) is 0.658. The summed E-state index contributed by atoms with van der Waals surface area (Å²) in [7, 11) is 0. The molecule has 3 rings (SSSR count). The molecule has 5 heteroatoms. The van der Waals surface area contributed by atoms with Crippen LogP contribution in [0.2, 0.25) is 5.02 Å². The van der Waals surface area contributed by atoms with Crippen LogP contribution >= 0.6 is 11.6 Å². The van der Waals surface area contributed by atoms with Crippen LogP contribution in [0, 0.1) is 0 Å². The van der Waals surface area contributed by atoms with Crippen molar-refractivity contribution in [3.05, 3.63) is 77.3 Å². The van der Waals surface area contributed by atoms with E-state index in [9.17, 15) is 9.90 Å². The van der Waals surface area contributed by atoms with Crippen LogP contribution in [0.1, 0.15) is 25.5 Å². The summed E-state index contributed by atoms with van der Waals surface area (Å²) < 4.78 is 5.77. The molecule has 2 N–H and O–H groups in total. The first-order valence-electron chi connectivity index (χ1n) is 8.75. The molecular formula is C22H22ClNO3. The third-order valence-corrected chi connectivity index (χ3v) is 4.62. The van der Waals surface area contributed by atoms with Gasteiger partial charge < -0.3 is 15.2 Å². The number of benzene rings is 3. The summed E-state index contributed by atoms with van der Waals surface area (Å²) in [6, 6.07) is 20.4. The molecule has 0 spiro atoms. The number of nitrogens with one attached hydrogen (secondary N) is 1. The molecule has 0 saturated carbocycles.